The average molecular weight is 453 g/mol. The van der Waals surface area contributed by atoms with Crippen molar-refractivity contribution in [3.8, 4) is 0 Å². The fourth-order valence-corrected chi connectivity index (χ4v) is 5.43. The lowest BCUT2D eigenvalue weighted by atomic mass is 10.0. The number of rotatable bonds is 5. The third-order valence-corrected chi connectivity index (χ3v) is 7.04. The number of benzene rings is 2. The topological polar surface area (TPSA) is 75.7 Å². The van der Waals surface area contributed by atoms with Crippen molar-refractivity contribution in [3.05, 3.63) is 70.9 Å². The monoisotopic (exact) mass is 452 g/mol. The van der Waals surface area contributed by atoms with Crippen LogP contribution in [0.3, 0.4) is 0 Å². The SMILES string of the molecule is O=C(NC(Cc1ccc(F)cc1)C(=O)N1CCC2OCC(=O)C21)c1csc2ccccc12. The molecule has 3 atom stereocenters. The Kier molecular flexibility index (Phi) is 5.48. The predicted molar refractivity (Wildman–Crippen MR) is 118 cm³/mol. The number of hydrogen-bond acceptors (Lipinski definition) is 5. The molecular weight excluding hydrogens is 431 g/mol. The number of nitrogens with one attached hydrogen (secondary N) is 1. The molecule has 3 heterocycles. The predicted octanol–water partition coefficient (Wildman–Crippen LogP) is 2.95. The van der Waals surface area contributed by atoms with Crippen LogP contribution < -0.4 is 5.32 Å². The number of likely N-dealkylation sites (tertiary alicyclic amines) is 1. The van der Waals surface area contributed by atoms with Gasteiger partial charge in [-0.05, 0) is 30.2 Å². The van der Waals surface area contributed by atoms with E-state index in [0.29, 0.717) is 24.1 Å². The molecule has 2 saturated heterocycles. The van der Waals surface area contributed by atoms with Crippen molar-refractivity contribution in [2.45, 2.75) is 31.0 Å². The minimum atomic E-state index is -0.890. The van der Waals surface area contributed by atoms with E-state index in [1.807, 2.05) is 24.3 Å². The number of carbonyl (C=O) groups excluding carboxylic acids is 3. The molecule has 2 fully saturated rings. The van der Waals surface area contributed by atoms with Crippen LogP contribution in [0.1, 0.15) is 22.3 Å². The zero-order valence-corrected chi connectivity index (χ0v) is 17.9. The van der Waals surface area contributed by atoms with Gasteiger partial charge < -0.3 is 15.0 Å². The molecule has 0 spiro atoms. The van der Waals surface area contributed by atoms with E-state index in [0.717, 1.165) is 10.1 Å². The minimum Gasteiger partial charge on any atom is -0.368 e. The molecule has 0 bridgehead atoms. The zero-order valence-electron chi connectivity index (χ0n) is 17.1. The second-order valence-electron chi connectivity index (χ2n) is 8.08. The van der Waals surface area contributed by atoms with Crippen LogP contribution in [0.25, 0.3) is 10.1 Å². The number of nitrogens with zero attached hydrogens (tertiary/aromatic N) is 1. The maximum atomic E-state index is 13.5. The van der Waals surface area contributed by atoms with E-state index in [2.05, 4.69) is 5.32 Å². The van der Waals surface area contributed by atoms with Gasteiger partial charge >= 0.3 is 0 Å². The van der Waals surface area contributed by atoms with Crippen LogP contribution in [0.4, 0.5) is 4.39 Å². The van der Waals surface area contributed by atoms with Gasteiger partial charge in [0.1, 0.15) is 24.5 Å². The summed E-state index contributed by atoms with van der Waals surface area (Å²) in [6.45, 7) is 0.409. The lowest BCUT2D eigenvalue weighted by Crippen LogP contribution is -2.53. The van der Waals surface area contributed by atoms with Crippen LogP contribution in [0.2, 0.25) is 0 Å². The van der Waals surface area contributed by atoms with Crippen molar-refractivity contribution < 1.29 is 23.5 Å². The lowest BCUT2D eigenvalue weighted by Gasteiger charge is -2.27. The Balaban J connectivity index is 1.42. The van der Waals surface area contributed by atoms with Gasteiger partial charge in [0.05, 0.1) is 11.7 Å². The third kappa shape index (κ3) is 3.80. The molecule has 2 aliphatic heterocycles. The van der Waals surface area contributed by atoms with E-state index in [1.165, 1.54) is 28.4 Å². The van der Waals surface area contributed by atoms with Gasteiger partial charge in [0.15, 0.2) is 5.78 Å². The standard InChI is InChI=1S/C24H21FN2O4S/c25-15-7-5-14(6-8-15)11-18(24(30)27-10-9-20-22(27)19(28)12-31-20)26-23(29)17-13-32-21-4-2-1-3-16(17)21/h1-8,13,18,20,22H,9-12H2,(H,26,29). The van der Waals surface area contributed by atoms with Crippen LogP contribution in [-0.2, 0) is 20.7 Å². The number of Topliss-reactive ketones (excluding diaryl/α,β-unsaturated/α-hetero) is 1. The number of ketones is 1. The highest BCUT2D eigenvalue weighted by atomic mass is 32.1. The summed E-state index contributed by atoms with van der Waals surface area (Å²) in [5.41, 5.74) is 1.21. The molecule has 0 saturated carbocycles. The Morgan fingerprint density at radius 3 is 2.78 bits per heavy atom. The fraction of sp³-hybridized carbons (Fsp3) is 0.292. The number of carbonyl (C=O) groups is 3. The molecule has 8 heteroatoms. The highest BCUT2D eigenvalue weighted by Crippen LogP contribution is 2.29. The Hall–Kier alpha value is -3.10. The van der Waals surface area contributed by atoms with E-state index in [9.17, 15) is 18.8 Å². The molecule has 2 aromatic carbocycles. The summed E-state index contributed by atoms with van der Waals surface area (Å²) in [4.78, 5) is 40.5. The summed E-state index contributed by atoms with van der Waals surface area (Å²) in [5, 5.41) is 5.48. The van der Waals surface area contributed by atoms with Gasteiger partial charge in [0.25, 0.3) is 5.91 Å². The molecule has 32 heavy (non-hydrogen) atoms. The third-order valence-electron chi connectivity index (χ3n) is 6.08. The summed E-state index contributed by atoms with van der Waals surface area (Å²) in [6.07, 6.45) is 0.499. The minimum absolute atomic E-state index is 0.00892. The number of amides is 2. The maximum Gasteiger partial charge on any atom is 0.253 e. The van der Waals surface area contributed by atoms with Crippen LogP contribution in [0, 0.1) is 5.82 Å². The highest BCUT2D eigenvalue weighted by Gasteiger charge is 2.48. The second-order valence-corrected chi connectivity index (χ2v) is 8.99. The Bertz CT molecular complexity index is 1190. The second kappa shape index (κ2) is 8.44. The zero-order chi connectivity index (χ0) is 22.2. The molecule has 1 aromatic heterocycles. The smallest absolute Gasteiger partial charge is 0.253 e. The van der Waals surface area contributed by atoms with Crippen molar-refractivity contribution >= 4 is 39.0 Å². The first-order chi connectivity index (χ1) is 15.5. The summed E-state index contributed by atoms with van der Waals surface area (Å²) in [5.74, 6) is -1.17. The number of hydrogen-bond donors (Lipinski definition) is 1. The Morgan fingerprint density at radius 2 is 1.97 bits per heavy atom. The number of ether oxygens (including phenoxy) is 1. The van der Waals surface area contributed by atoms with Crippen molar-refractivity contribution in [1.82, 2.24) is 10.2 Å². The van der Waals surface area contributed by atoms with Crippen molar-refractivity contribution in [3.63, 3.8) is 0 Å². The van der Waals surface area contributed by atoms with E-state index >= 15 is 0 Å². The summed E-state index contributed by atoms with van der Waals surface area (Å²) >= 11 is 1.46. The van der Waals surface area contributed by atoms with Gasteiger partial charge in [-0.1, -0.05) is 30.3 Å². The van der Waals surface area contributed by atoms with Gasteiger partial charge in [-0.15, -0.1) is 11.3 Å². The van der Waals surface area contributed by atoms with Gasteiger partial charge in [-0.2, -0.15) is 0 Å². The van der Waals surface area contributed by atoms with E-state index in [-0.39, 0.29) is 42.5 Å². The number of fused-ring (bicyclic) bond motifs is 2. The lowest BCUT2D eigenvalue weighted by molar-refractivity contribution is -0.138. The molecular formula is C24H21FN2O4S. The number of thiophene rings is 1. The van der Waals surface area contributed by atoms with E-state index in [4.69, 9.17) is 4.74 Å². The van der Waals surface area contributed by atoms with Crippen LogP contribution in [0.5, 0.6) is 0 Å². The highest BCUT2D eigenvalue weighted by molar-refractivity contribution is 7.17. The first kappa shape index (κ1) is 20.8. The molecule has 164 valence electrons. The molecule has 2 amide bonds. The maximum absolute atomic E-state index is 13.5. The average Bonchev–Trinajstić information content (AvgIpc) is 3.50. The Morgan fingerprint density at radius 1 is 1.19 bits per heavy atom. The van der Waals surface area contributed by atoms with Gasteiger partial charge in [0, 0.05) is 28.4 Å². The molecule has 1 N–H and O–H groups in total. The fourth-order valence-electron chi connectivity index (χ4n) is 4.49. The molecule has 5 rings (SSSR count). The molecule has 0 aliphatic carbocycles. The summed E-state index contributed by atoms with van der Waals surface area (Å²) in [6, 6.07) is 11.9. The summed E-state index contributed by atoms with van der Waals surface area (Å²) in [7, 11) is 0. The van der Waals surface area contributed by atoms with Gasteiger partial charge in [0.2, 0.25) is 5.91 Å². The normalized spacial score (nSPS) is 21.0. The molecule has 0 radical (unpaired) electrons. The first-order valence-corrected chi connectivity index (χ1v) is 11.4. The van der Waals surface area contributed by atoms with Crippen LogP contribution >= 0.6 is 11.3 Å². The van der Waals surface area contributed by atoms with Crippen molar-refractivity contribution in [2.75, 3.05) is 13.2 Å². The molecule has 3 aromatic rings. The largest absolute Gasteiger partial charge is 0.368 e. The van der Waals surface area contributed by atoms with Gasteiger partial charge in [-0.3, -0.25) is 14.4 Å². The molecule has 6 nitrogen and oxygen atoms in total. The van der Waals surface area contributed by atoms with Gasteiger partial charge in [-0.25, -0.2) is 4.39 Å². The van der Waals surface area contributed by atoms with Crippen molar-refractivity contribution in [2.24, 2.45) is 0 Å². The molecule has 2 aliphatic rings. The van der Waals surface area contributed by atoms with Crippen molar-refractivity contribution in [1.29, 1.82) is 0 Å². The van der Waals surface area contributed by atoms with E-state index in [1.54, 1.807) is 17.5 Å². The van der Waals surface area contributed by atoms with E-state index < -0.39 is 12.1 Å². The summed E-state index contributed by atoms with van der Waals surface area (Å²) < 4.78 is 19.8. The Labute approximate surface area is 188 Å². The number of halogens is 1. The molecule has 3 unspecified atom stereocenters. The first-order valence-electron chi connectivity index (χ1n) is 10.5. The van der Waals surface area contributed by atoms with Crippen LogP contribution in [-0.4, -0.2) is 53.8 Å². The van der Waals surface area contributed by atoms with Crippen LogP contribution in [0.15, 0.2) is 53.9 Å². The quantitative estimate of drug-likeness (QED) is 0.646.